The lowest BCUT2D eigenvalue weighted by molar-refractivity contribution is -0.131. The number of nitrogens with one attached hydrogen (secondary N) is 1. The molecule has 4 nitrogen and oxygen atoms in total. The van der Waals surface area contributed by atoms with E-state index in [0.717, 1.165) is 28.0 Å². The number of carbonyl (C=O) groups is 1. The molecule has 1 aliphatic rings. The largest absolute Gasteiger partial charge is 0.381 e. The molecule has 1 N–H and O–H groups in total. The van der Waals surface area contributed by atoms with E-state index >= 15 is 0 Å². The van der Waals surface area contributed by atoms with E-state index < -0.39 is 6.10 Å². The number of hydrogen-bond acceptors (Lipinski definition) is 3. The summed E-state index contributed by atoms with van der Waals surface area (Å²) in [6, 6.07) is 14.2. The van der Waals surface area contributed by atoms with E-state index in [2.05, 4.69) is 43.4 Å². The Morgan fingerprint density at radius 2 is 1.71 bits per heavy atom. The van der Waals surface area contributed by atoms with Crippen LogP contribution in [0.5, 0.6) is 0 Å². The number of aryl methyl sites for hydroxylation is 3. The molecule has 2 aromatic carbocycles. The lowest BCUT2D eigenvalue weighted by Crippen LogP contribution is -2.37. The minimum Gasteiger partial charge on any atom is -0.381 e. The van der Waals surface area contributed by atoms with E-state index in [1.54, 1.807) is 7.05 Å². The summed E-state index contributed by atoms with van der Waals surface area (Å²) in [6.45, 7) is 6.24. The molecule has 4 heteroatoms. The van der Waals surface area contributed by atoms with Gasteiger partial charge in [0, 0.05) is 12.6 Å². The summed E-state index contributed by atoms with van der Waals surface area (Å²) < 4.78 is 0. The van der Waals surface area contributed by atoms with Gasteiger partial charge in [-0.15, -0.1) is 0 Å². The van der Waals surface area contributed by atoms with Gasteiger partial charge in [0.2, 0.25) is 6.10 Å². The third-order valence-corrected chi connectivity index (χ3v) is 4.49. The molecule has 0 saturated heterocycles. The number of carbonyl (C=O) groups excluding carboxylic acids is 1. The molecule has 0 fully saturated rings. The Morgan fingerprint density at radius 1 is 1.08 bits per heavy atom. The van der Waals surface area contributed by atoms with Gasteiger partial charge in [0.15, 0.2) is 0 Å². The Hall–Kier alpha value is -2.62. The van der Waals surface area contributed by atoms with Gasteiger partial charge >= 0.3 is 0 Å². The summed E-state index contributed by atoms with van der Waals surface area (Å²) in [7, 11) is 1.62. The average molecular weight is 322 g/mol. The van der Waals surface area contributed by atoms with Crippen LogP contribution in [0.3, 0.4) is 0 Å². The van der Waals surface area contributed by atoms with Crippen molar-refractivity contribution in [3.63, 3.8) is 0 Å². The van der Waals surface area contributed by atoms with Crippen LogP contribution < -0.4 is 5.32 Å². The fraction of sp³-hybridized carbons (Fsp3) is 0.300. The van der Waals surface area contributed by atoms with Crippen molar-refractivity contribution < 1.29 is 9.63 Å². The molecule has 1 heterocycles. The molecule has 2 atom stereocenters. The summed E-state index contributed by atoms with van der Waals surface area (Å²) in [6.07, 6.45) is -0.648. The number of hydrogen-bond donors (Lipinski definition) is 1. The lowest BCUT2D eigenvalue weighted by atomic mass is 9.81. The van der Waals surface area contributed by atoms with Gasteiger partial charge in [0.05, 0.1) is 11.6 Å². The molecule has 2 aromatic rings. The highest BCUT2D eigenvalue weighted by Crippen LogP contribution is 2.36. The van der Waals surface area contributed by atoms with Crippen LogP contribution in [0.2, 0.25) is 0 Å². The van der Waals surface area contributed by atoms with Gasteiger partial charge in [-0.1, -0.05) is 53.2 Å². The van der Waals surface area contributed by atoms with Crippen molar-refractivity contribution in [2.24, 2.45) is 5.16 Å². The Morgan fingerprint density at radius 3 is 2.29 bits per heavy atom. The predicted molar refractivity (Wildman–Crippen MR) is 95.3 cm³/mol. The first-order valence-corrected chi connectivity index (χ1v) is 8.11. The number of rotatable bonds is 3. The molecule has 0 bridgehead atoms. The van der Waals surface area contributed by atoms with Gasteiger partial charge in [-0.05, 0) is 37.5 Å². The van der Waals surface area contributed by atoms with Crippen LogP contribution in [0, 0.1) is 20.8 Å². The van der Waals surface area contributed by atoms with E-state index in [1.807, 2.05) is 30.3 Å². The summed E-state index contributed by atoms with van der Waals surface area (Å²) in [5.74, 6) is -0.373. The molecule has 0 aliphatic carbocycles. The standard InChI is InChI=1S/C20H22N2O2/c1-12-10-13(2)16(14(3)11-12)17-18(15-8-6-5-7-9-15)22-24-19(17)20(23)21-4/h5-11,17,19H,1-4H3,(H,21,23)/t17-,19-/m1/s1. The van der Waals surface area contributed by atoms with Gasteiger partial charge < -0.3 is 10.2 Å². The van der Waals surface area contributed by atoms with Crippen molar-refractivity contribution in [3.8, 4) is 0 Å². The fourth-order valence-electron chi connectivity index (χ4n) is 3.53. The first-order chi connectivity index (χ1) is 11.5. The molecule has 124 valence electrons. The Bertz CT molecular complexity index is 774. The molecule has 0 unspecified atom stereocenters. The van der Waals surface area contributed by atoms with Gasteiger partial charge in [-0.25, -0.2) is 0 Å². The summed E-state index contributed by atoms with van der Waals surface area (Å²) in [4.78, 5) is 17.9. The maximum Gasteiger partial charge on any atom is 0.264 e. The van der Waals surface area contributed by atoms with Crippen molar-refractivity contribution in [2.75, 3.05) is 7.05 Å². The van der Waals surface area contributed by atoms with Crippen molar-refractivity contribution in [1.29, 1.82) is 0 Å². The van der Waals surface area contributed by atoms with E-state index in [9.17, 15) is 4.79 Å². The van der Waals surface area contributed by atoms with Crippen LogP contribution in [0.1, 0.15) is 33.7 Å². The minimum atomic E-state index is -0.648. The quantitative estimate of drug-likeness (QED) is 0.943. The van der Waals surface area contributed by atoms with Gasteiger partial charge in [0.1, 0.15) is 0 Å². The van der Waals surface area contributed by atoms with Crippen LogP contribution >= 0.6 is 0 Å². The second-order valence-corrected chi connectivity index (χ2v) is 6.27. The number of likely N-dealkylation sites (N-methyl/N-ethyl adjacent to an activating group) is 1. The van der Waals surface area contributed by atoms with Gasteiger partial charge in [-0.3, -0.25) is 4.79 Å². The molecule has 1 amide bonds. The summed E-state index contributed by atoms with van der Waals surface area (Å²) >= 11 is 0. The Labute approximate surface area is 142 Å². The highest BCUT2D eigenvalue weighted by atomic mass is 16.6. The van der Waals surface area contributed by atoms with E-state index in [0.29, 0.717) is 0 Å². The Balaban J connectivity index is 2.14. The molecular formula is C20H22N2O2. The topological polar surface area (TPSA) is 50.7 Å². The SMILES string of the molecule is CNC(=O)[C@@H]1ON=C(c2ccccc2)[C@H]1c1c(C)cc(C)cc1C. The third-order valence-electron chi connectivity index (χ3n) is 4.49. The summed E-state index contributed by atoms with van der Waals surface area (Å²) in [5.41, 5.74) is 6.42. The monoisotopic (exact) mass is 322 g/mol. The van der Waals surface area contributed by atoms with E-state index in [1.165, 1.54) is 5.56 Å². The van der Waals surface area contributed by atoms with Crippen LogP contribution in [-0.2, 0) is 9.63 Å². The molecule has 1 aliphatic heterocycles. The molecule has 3 rings (SSSR count). The van der Waals surface area contributed by atoms with Gasteiger partial charge in [-0.2, -0.15) is 0 Å². The number of oxime groups is 1. The maximum absolute atomic E-state index is 12.4. The van der Waals surface area contributed by atoms with Crippen molar-refractivity contribution >= 4 is 11.6 Å². The zero-order chi connectivity index (χ0) is 17.3. The average Bonchev–Trinajstić information content (AvgIpc) is 2.98. The molecule has 24 heavy (non-hydrogen) atoms. The van der Waals surface area contributed by atoms with Crippen molar-refractivity contribution in [3.05, 3.63) is 70.3 Å². The highest BCUT2D eigenvalue weighted by Gasteiger charge is 2.42. The second-order valence-electron chi connectivity index (χ2n) is 6.27. The number of nitrogens with zero attached hydrogens (tertiary/aromatic N) is 1. The highest BCUT2D eigenvalue weighted by molar-refractivity contribution is 6.09. The number of amides is 1. The van der Waals surface area contributed by atoms with Crippen LogP contribution in [-0.4, -0.2) is 24.8 Å². The van der Waals surface area contributed by atoms with Crippen molar-refractivity contribution in [2.45, 2.75) is 32.8 Å². The molecule has 0 radical (unpaired) electrons. The predicted octanol–water partition coefficient (Wildman–Crippen LogP) is 3.24. The normalized spacial score (nSPS) is 19.6. The lowest BCUT2D eigenvalue weighted by Gasteiger charge is -2.22. The van der Waals surface area contributed by atoms with E-state index in [4.69, 9.17) is 4.84 Å². The summed E-state index contributed by atoms with van der Waals surface area (Å²) in [5, 5.41) is 6.97. The first-order valence-electron chi connectivity index (χ1n) is 8.11. The first kappa shape index (κ1) is 16.2. The van der Waals surface area contributed by atoms with Gasteiger partial charge in [0.25, 0.3) is 5.91 Å². The van der Waals surface area contributed by atoms with Crippen LogP contribution in [0.4, 0.5) is 0 Å². The zero-order valence-corrected chi connectivity index (χ0v) is 14.5. The maximum atomic E-state index is 12.4. The zero-order valence-electron chi connectivity index (χ0n) is 14.5. The van der Waals surface area contributed by atoms with Crippen LogP contribution in [0.15, 0.2) is 47.6 Å². The molecule has 0 spiro atoms. The van der Waals surface area contributed by atoms with Crippen LogP contribution in [0.25, 0.3) is 0 Å². The van der Waals surface area contributed by atoms with Crippen molar-refractivity contribution in [1.82, 2.24) is 5.32 Å². The molecule has 0 saturated carbocycles. The molecular weight excluding hydrogens is 300 g/mol. The molecule has 0 aromatic heterocycles. The smallest absolute Gasteiger partial charge is 0.264 e. The van der Waals surface area contributed by atoms with E-state index in [-0.39, 0.29) is 11.8 Å². The fourth-order valence-corrected chi connectivity index (χ4v) is 3.53. The number of benzene rings is 2. The Kier molecular flexibility index (Phi) is 4.38. The second kappa shape index (κ2) is 6.48. The minimum absolute atomic E-state index is 0.158. The third kappa shape index (κ3) is 2.80.